The number of hydrogen-bond donors (Lipinski definition) is 2. The van der Waals surface area contributed by atoms with E-state index in [9.17, 15) is 0 Å². The average Bonchev–Trinajstić information content (AvgIpc) is 2.98. The lowest BCUT2D eigenvalue weighted by molar-refractivity contribution is 0.549. The Morgan fingerprint density at radius 3 is 2.90 bits per heavy atom. The third-order valence-electron chi connectivity index (χ3n) is 3.05. The molecule has 0 aliphatic heterocycles. The topological polar surface area (TPSA) is 53.7 Å². The van der Waals surface area contributed by atoms with Crippen LogP contribution < -0.4 is 10.6 Å². The number of aliphatic imine (C=N–C) groups is 1. The van der Waals surface area contributed by atoms with Crippen LogP contribution in [0.4, 0.5) is 0 Å². The normalized spacial score (nSPS) is 11.7. The van der Waals surface area contributed by atoms with Gasteiger partial charge in [0.25, 0.3) is 0 Å². The Morgan fingerprint density at radius 2 is 2.24 bits per heavy atom. The molecule has 2 aromatic rings. The average molecular weight is 421 g/mol. The van der Waals surface area contributed by atoms with Gasteiger partial charge < -0.3 is 10.6 Å². The number of fused-ring (bicyclic) bond motifs is 1. The van der Waals surface area contributed by atoms with Crippen LogP contribution in [0.3, 0.4) is 0 Å². The summed E-state index contributed by atoms with van der Waals surface area (Å²) < 4.78 is 2.04. The number of halogens is 1. The predicted molar refractivity (Wildman–Crippen MR) is 101 cm³/mol. The Bertz CT molecular complexity index is 532. The lowest BCUT2D eigenvalue weighted by Gasteiger charge is -2.11. The Labute approximate surface area is 147 Å². The molecule has 0 atom stereocenters. The van der Waals surface area contributed by atoms with Gasteiger partial charge in [-0.25, -0.2) is 4.98 Å². The van der Waals surface area contributed by atoms with Crippen molar-refractivity contribution in [1.29, 1.82) is 0 Å². The number of nitrogens with zero attached hydrogens (tertiary/aromatic N) is 3. The van der Waals surface area contributed by atoms with E-state index in [2.05, 4.69) is 34.5 Å². The van der Waals surface area contributed by atoms with Crippen molar-refractivity contribution in [2.45, 2.75) is 33.2 Å². The van der Waals surface area contributed by atoms with Gasteiger partial charge in [-0.15, -0.1) is 35.3 Å². The van der Waals surface area contributed by atoms with Gasteiger partial charge in [-0.3, -0.25) is 9.39 Å². The first kappa shape index (κ1) is 18.2. The van der Waals surface area contributed by atoms with E-state index >= 15 is 0 Å². The maximum Gasteiger partial charge on any atom is 0.193 e. The highest BCUT2D eigenvalue weighted by molar-refractivity contribution is 14.0. The molecule has 21 heavy (non-hydrogen) atoms. The summed E-state index contributed by atoms with van der Waals surface area (Å²) in [6.07, 6.45) is 6.47. The molecule has 118 valence electrons. The van der Waals surface area contributed by atoms with Gasteiger partial charge in [0.15, 0.2) is 10.9 Å². The minimum atomic E-state index is 0. The van der Waals surface area contributed by atoms with Gasteiger partial charge in [-0.2, -0.15) is 0 Å². The number of hydrogen-bond acceptors (Lipinski definition) is 3. The SMILES string of the molecule is CN=C(NCCCC(C)C)NCc1cn2ccsc2n1.I. The van der Waals surface area contributed by atoms with Gasteiger partial charge in [-0.05, 0) is 18.8 Å². The van der Waals surface area contributed by atoms with E-state index in [-0.39, 0.29) is 24.0 Å². The van der Waals surface area contributed by atoms with Crippen molar-refractivity contribution in [1.82, 2.24) is 20.0 Å². The molecule has 2 aromatic heterocycles. The molecule has 0 amide bonds. The van der Waals surface area contributed by atoms with Gasteiger partial charge in [0.2, 0.25) is 0 Å². The van der Waals surface area contributed by atoms with Gasteiger partial charge in [0, 0.05) is 31.4 Å². The molecule has 2 rings (SSSR count). The molecule has 0 spiro atoms. The quantitative estimate of drug-likeness (QED) is 0.326. The molecule has 0 saturated carbocycles. The van der Waals surface area contributed by atoms with Gasteiger partial charge in [0.1, 0.15) is 0 Å². The smallest absolute Gasteiger partial charge is 0.193 e. The Kier molecular flexibility index (Phi) is 8.02. The molecule has 0 aromatic carbocycles. The highest BCUT2D eigenvalue weighted by Gasteiger charge is 2.03. The fourth-order valence-electron chi connectivity index (χ4n) is 1.97. The third kappa shape index (κ3) is 5.82. The second kappa shape index (κ2) is 9.24. The molecule has 0 aliphatic carbocycles. The van der Waals surface area contributed by atoms with E-state index in [0.29, 0.717) is 6.54 Å². The molecular formula is C14H24IN5S. The summed E-state index contributed by atoms with van der Waals surface area (Å²) in [6.45, 7) is 6.14. The number of guanidine groups is 1. The monoisotopic (exact) mass is 421 g/mol. The van der Waals surface area contributed by atoms with Crippen molar-refractivity contribution in [2.24, 2.45) is 10.9 Å². The summed E-state index contributed by atoms with van der Waals surface area (Å²) in [7, 11) is 1.80. The minimum absolute atomic E-state index is 0. The van der Waals surface area contributed by atoms with E-state index in [4.69, 9.17) is 0 Å². The van der Waals surface area contributed by atoms with E-state index in [1.54, 1.807) is 18.4 Å². The standard InChI is InChI=1S/C14H23N5S.HI/c1-11(2)5-4-6-16-13(15-3)17-9-12-10-19-7-8-20-14(19)18-12;/h7-8,10-11H,4-6,9H2,1-3H3,(H2,15,16,17);1H. The van der Waals surface area contributed by atoms with Crippen molar-refractivity contribution in [2.75, 3.05) is 13.6 Å². The van der Waals surface area contributed by atoms with Gasteiger partial charge in [0.05, 0.1) is 12.2 Å². The van der Waals surface area contributed by atoms with Crippen molar-refractivity contribution in [3.63, 3.8) is 0 Å². The summed E-state index contributed by atoms with van der Waals surface area (Å²) in [5, 5.41) is 8.66. The summed E-state index contributed by atoms with van der Waals surface area (Å²) in [6, 6.07) is 0. The molecular weight excluding hydrogens is 397 g/mol. The molecule has 0 bridgehead atoms. The number of imidazole rings is 1. The molecule has 0 saturated heterocycles. The maximum absolute atomic E-state index is 4.53. The van der Waals surface area contributed by atoms with E-state index in [1.165, 1.54) is 12.8 Å². The minimum Gasteiger partial charge on any atom is -0.356 e. The Hall–Kier alpha value is -0.830. The molecule has 5 nitrogen and oxygen atoms in total. The summed E-state index contributed by atoms with van der Waals surface area (Å²) in [5.41, 5.74) is 1.03. The van der Waals surface area contributed by atoms with E-state index < -0.39 is 0 Å². The molecule has 0 unspecified atom stereocenters. The maximum atomic E-state index is 4.53. The van der Waals surface area contributed by atoms with Crippen LogP contribution in [0, 0.1) is 5.92 Å². The van der Waals surface area contributed by atoms with Crippen LogP contribution in [0.15, 0.2) is 22.8 Å². The van der Waals surface area contributed by atoms with Crippen molar-refractivity contribution < 1.29 is 0 Å². The van der Waals surface area contributed by atoms with E-state index in [0.717, 1.165) is 29.1 Å². The van der Waals surface area contributed by atoms with Crippen LogP contribution in [0.2, 0.25) is 0 Å². The Morgan fingerprint density at radius 1 is 1.43 bits per heavy atom. The van der Waals surface area contributed by atoms with Gasteiger partial charge >= 0.3 is 0 Å². The highest BCUT2D eigenvalue weighted by Crippen LogP contribution is 2.10. The number of nitrogens with one attached hydrogen (secondary N) is 2. The van der Waals surface area contributed by atoms with Crippen LogP contribution in [-0.2, 0) is 6.54 Å². The first-order chi connectivity index (χ1) is 9.69. The fourth-order valence-corrected chi connectivity index (χ4v) is 2.69. The zero-order valence-electron chi connectivity index (χ0n) is 12.8. The first-order valence-corrected chi connectivity index (χ1v) is 7.92. The van der Waals surface area contributed by atoms with Crippen molar-refractivity contribution in [3.8, 4) is 0 Å². The number of aromatic nitrogens is 2. The molecule has 7 heteroatoms. The largest absolute Gasteiger partial charge is 0.356 e. The third-order valence-corrected chi connectivity index (χ3v) is 3.83. The molecule has 0 fully saturated rings. The van der Waals surface area contributed by atoms with Crippen LogP contribution in [0.1, 0.15) is 32.4 Å². The number of thiazole rings is 1. The first-order valence-electron chi connectivity index (χ1n) is 7.04. The van der Waals surface area contributed by atoms with Crippen LogP contribution in [0.25, 0.3) is 4.96 Å². The summed E-state index contributed by atoms with van der Waals surface area (Å²) in [4.78, 5) is 9.79. The zero-order valence-corrected chi connectivity index (χ0v) is 15.9. The zero-order chi connectivity index (χ0) is 14.4. The van der Waals surface area contributed by atoms with Crippen LogP contribution >= 0.6 is 35.3 Å². The molecule has 2 heterocycles. The van der Waals surface area contributed by atoms with E-state index in [1.807, 2.05) is 22.2 Å². The predicted octanol–water partition coefficient (Wildman–Crippen LogP) is 3.12. The molecule has 0 aliphatic rings. The van der Waals surface area contributed by atoms with Crippen LogP contribution in [0.5, 0.6) is 0 Å². The lowest BCUT2D eigenvalue weighted by Crippen LogP contribution is -2.37. The summed E-state index contributed by atoms with van der Waals surface area (Å²) in [5.74, 6) is 1.59. The fraction of sp³-hybridized carbons (Fsp3) is 0.571. The van der Waals surface area contributed by atoms with Crippen LogP contribution in [-0.4, -0.2) is 28.9 Å². The van der Waals surface area contributed by atoms with Crippen molar-refractivity contribution in [3.05, 3.63) is 23.5 Å². The highest BCUT2D eigenvalue weighted by atomic mass is 127. The Balaban J connectivity index is 0.00000220. The molecule has 0 radical (unpaired) electrons. The lowest BCUT2D eigenvalue weighted by atomic mass is 10.1. The second-order valence-electron chi connectivity index (χ2n) is 5.21. The summed E-state index contributed by atoms with van der Waals surface area (Å²) >= 11 is 1.65. The van der Waals surface area contributed by atoms with Gasteiger partial charge in [-0.1, -0.05) is 13.8 Å². The second-order valence-corrected chi connectivity index (χ2v) is 6.09. The molecule has 2 N–H and O–H groups in total. The van der Waals surface area contributed by atoms with Crippen molar-refractivity contribution >= 4 is 46.2 Å². The number of rotatable bonds is 6.